The van der Waals surface area contributed by atoms with Crippen molar-refractivity contribution in [1.29, 1.82) is 0 Å². The molecular formula is C52H47N6O+. The first-order chi connectivity index (χ1) is 33.0. The molecule has 59 heavy (non-hydrogen) atoms. The summed E-state index contributed by atoms with van der Waals surface area (Å²) >= 11 is 0. The molecule has 1 fully saturated rings. The van der Waals surface area contributed by atoms with Gasteiger partial charge in [-0.2, -0.15) is 0 Å². The molecule has 1 aliphatic heterocycles. The van der Waals surface area contributed by atoms with E-state index < -0.39 is 60.4 Å². The van der Waals surface area contributed by atoms with Crippen LogP contribution in [0.1, 0.15) is 33.0 Å². The molecule has 0 amide bonds. The highest BCUT2D eigenvalue weighted by atomic mass is 16.5. The third-order valence-electron chi connectivity index (χ3n) is 10.9. The number of pyridine rings is 1. The normalized spacial score (nSPS) is 15.7. The number of nitrogens with zero attached hydrogens (tertiary/aromatic N) is 6. The van der Waals surface area contributed by atoms with Crippen molar-refractivity contribution >= 4 is 33.3 Å². The highest BCUT2D eigenvalue weighted by molar-refractivity contribution is 6.09. The van der Waals surface area contributed by atoms with Crippen LogP contribution < -0.4 is 18.7 Å². The minimum absolute atomic E-state index is 0.105. The standard InChI is InChI=1S/C52H47N6O/c1-58(2,3)41-29-30-53-50(34-41)57-48-26-12-11-23-46(48)47-28-27-43(35-49(47)57)59-42-22-15-21-40(33-42)55-36-51(54-31-13-6-14-32-54)56(37-55)52-44(38-17-7-4-8-18-38)24-16-25-45(52)39-19-9-5-10-20-39/h4-5,7-12,15-30,33-36H,6,13-14,31-32H2,1-3H3/q+1/i4D,5D,7D,8D,9D,10D,17D,18D,19D,20D. The van der Waals surface area contributed by atoms with Gasteiger partial charge < -0.3 is 18.8 Å². The maximum atomic E-state index is 9.07. The van der Waals surface area contributed by atoms with Crippen LogP contribution in [0.2, 0.25) is 0 Å². The number of fused-ring (bicyclic) bond motifs is 3. The van der Waals surface area contributed by atoms with Crippen molar-refractivity contribution in [2.24, 2.45) is 0 Å². The molecule has 9 aromatic rings. The number of hydrogen-bond acceptors (Lipinski definition) is 3. The van der Waals surface area contributed by atoms with Gasteiger partial charge in [0.05, 0.1) is 64.7 Å². The number of hydrogen-bond donors (Lipinski definition) is 0. The van der Waals surface area contributed by atoms with E-state index in [4.69, 9.17) is 23.4 Å². The zero-order chi connectivity index (χ0) is 48.6. The van der Waals surface area contributed by atoms with Crippen LogP contribution in [-0.4, -0.2) is 48.4 Å². The maximum absolute atomic E-state index is 9.07. The number of benzene rings is 6. The van der Waals surface area contributed by atoms with Crippen LogP contribution in [0, 0.1) is 6.33 Å². The summed E-state index contributed by atoms with van der Waals surface area (Å²) in [5.74, 6) is 2.56. The molecule has 4 heterocycles. The molecule has 1 aliphatic rings. The molecule has 1 saturated heterocycles. The van der Waals surface area contributed by atoms with Gasteiger partial charge in [-0.1, -0.05) is 109 Å². The van der Waals surface area contributed by atoms with Crippen molar-refractivity contribution in [1.82, 2.24) is 18.6 Å². The Hall–Kier alpha value is -6.96. The molecule has 0 N–H and O–H groups in total. The molecule has 0 saturated carbocycles. The first kappa shape index (κ1) is 26.9. The van der Waals surface area contributed by atoms with Gasteiger partial charge in [0.2, 0.25) is 0 Å². The zero-order valence-electron chi connectivity index (χ0n) is 43.0. The lowest BCUT2D eigenvalue weighted by molar-refractivity contribution is -0.585. The van der Waals surface area contributed by atoms with Crippen LogP contribution >= 0.6 is 0 Å². The summed E-state index contributed by atoms with van der Waals surface area (Å²) < 4.78 is 100. The fourth-order valence-electron chi connectivity index (χ4n) is 8.00. The molecule has 0 bridgehead atoms. The van der Waals surface area contributed by atoms with Crippen molar-refractivity contribution in [2.75, 3.05) is 39.1 Å². The first-order valence-corrected chi connectivity index (χ1v) is 19.7. The Morgan fingerprint density at radius 2 is 1.36 bits per heavy atom. The summed E-state index contributed by atoms with van der Waals surface area (Å²) in [4.78, 5) is 7.00. The smallest absolute Gasteiger partial charge is 0.197 e. The van der Waals surface area contributed by atoms with Gasteiger partial charge in [-0.15, -0.1) is 0 Å². The van der Waals surface area contributed by atoms with E-state index in [2.05, 4.69) is 61.2 Å². The molecule has 0 spiro atoms. The number of rotatable bonds is 9. The zero-order valence-corrected chi connectivity index (χ0v) is 33.0. The largest absolute Gasteiger partial charge is 0.458 e. The topological polar surface area (TPSA) is 39.1 Å². The molecule has 290 valence electrons. The summed E-state index contributed by atoms with van der Waals surface area (Å²) in [6.45, 7) is 1.35. The highest BCUT2D eigenvalue weighted by Gasteiger charge is 2.24. The van der Waals surface area contributed by atoms with Crippen molar-refractivity contribution in [3.63, 3.8) is 0 Å². The van der Waals surface area contributed by atoms with Crippen molar-refractivity contribution in [3.05, 3.63) is 176 Å². The summed E-state index contributed by atoms with van der Waals surface area (Å²) in [6.07, 6.45) is 10.0. The van der Waals surface area contributed by atoms with Gasteiger partial charge in [0, 0.05) is 47.1 Å². The van der Waals surface area contributed by atoms with Gasteiger partial charge in [-0.05, 0) is 71.8 Å². The van der Waals surface area contributed by atoms with Gasteiger partial charge in [0.1, 0.15) is 23.0 Å². The monoisotopic (exact) mass is 781 g/mol. The predicted octanol–water partition coefficient (Wildman–Crippen LogP) is 11.4. The molecule has 6 aromatic carbocycles. The number of para-hydroxylation sites is 2. The van der Waals surface area contributed by atoms with E-state index in [1.165, 1.54) is 0 Å². The second-order valence-electron chi connectivity index (χ2n) is 15.6. The van der Waals surface area contributed by atoms with Gasteiger partial charge in [0.15, 0.2) is 12.1 Å². The molecule has 10 rings (SSSR count). The van der Waals surface area contributed by atoms with Crippen LogP contribution in [0.5, 0.6) is 11.5 Å². The molecule has 0 unspecified atom stereocenters. The number of anilines is 1. The minimum atomic E-state index is -0.553. The molecule has 0 atom stereocenters. The Labute approximate surface area is 359 Å². The van der Waals surface area contributed by atoms with E-state index in [-0.39, 0.29) is 27.9 Å². The van der Waals surface area contributed by atoms with E-state index in [0.717, 1.165) is 52.6 Å². The Morgan fingerprint density at radius 3 is 2.08 bits per heavy atom. The van der Waals surface area contributed by atoms with E-state index in [9.17, 15) is 0 Å². The Bertz CT molecular complexity index is 3390. The summed E-state index contributed by atoms with van der Waals surface area (Å²) in [6, 6.07) is 25.8. The fourth-order valence-corrected chi connectivity index (χ4v) is 8.00. The Morgan fingerprint density at radius 1 is 0.678 bits per heavy atom. The molecule has 7 heteroatoms. The van der Waals surface area contributed by atoms with Crippen LogP contribution in [0.3, 0.4) is 0 Å². The van der Waals surface area contributed by atoms with E-state index >= 15 is 0 Å². The fraction of sp³-hybridized carbons (Fsp3) is 0.154. The number of aromatic nitrogens is 4. The average molecular weight is 782 g/mol. The Balaban J connectivity index is 1.14. The second kappa shape index (κ2) is 15.1. The van der Waals surface area contributed by atoms with Gasteiger partial charge >= 0.3 is 0 Å². The number of imidazole rings is 1. The number of ether oxygens (including phenoxy) is 1. The minimum Gasteiger partial charge on any atom is -0.458 e. The van der Waals surface area contributed by atoms with E-state index in [0.29, 0.717) is 40.6 Å². The van der Waals surface area contributed by atoms with Crippen LogP contribution in [0.4, 0.5) is 11.5 Å². The van der Waals surface area contributed by atoms with Crippen LogP contribution in [0.25, 0.3) is 61.3 Å². The first-order valence-electron chi connectivity index (χ1n) is 24.7. The van der Waals surface area contributed by atoms with Gasteiger partial charge in [-0.25, -0.2) is 4.98 Å². The lowest BCUT2D eigenvalue weighted by Gasteiger charge is -2.28. The van der Waals surface area contributed by atoms with E-state index in [1.807, 2.05) is 67.0 Å². The second-order valence-corrected chi connectivity index (χ2v) is 15.6. The average Bonchev–Trinajstić information content (AvgIpc) is 3.94. The predicted molar refractivity (Wildman–Crippen MR) is 241 cm³/mol. The number of piperidine rings is 1. The highest BCUT2D eigenvalue weighted by Crippen LogP contribution is 2.37. The SMILES string of the molecule is [2H]c1c([2H])c([2H])c(-c2cccc(-c3c([2H])c([2H])c([2H])c([2H])c3[2H])c2-[n+]2[c-]n(-c3cccc(Oc4ccc5c6ccccc6n(-c6cc([N+](C)(C)C)ccn6)c5c4)c3)cc2N2CCCCC2)c([2H])c1[2H]. The van der Waals surface area contributed by atoms with Crippen molar-refractivity contribution in [2.45, 2.75) is 19.3 Å². The Kier molecular flexibility index (Phi) is 6.87. The van der Waals surface area contributed by atoms with E-state index in [1.54, 1.807) is 27.3 Å². The number of quaternary nitrogens is 1. The summed E-state index contributed by atoms with van der Waals surface area (Å²) in [5.41, 5.74) is 4.10. The molecule has 7 nitrogen and oxygen atoms in total. The van der Waals surface area contributed by atoms with Gasteiger partial charge in [0.25, 0.3) is 0 Å². The molecule has 0 radical (unpaired) electrons. The maximum Gasteiger partial charge on any atom is 0.197 e. The van der Waals surface area contributed by atoms with Crippen LogP contribution in [-0.2, 0) is 0 Å². The molecule has 0 aliphatic carbocycles. The lowest BCUT2D eigenvalue weighted by atomic mass is 9.95. The van der Waals surface area contributed by atoms with Crippen molar-refractivity contribution in [3.8, 4) is 50.9 Å². The molecular weight excluding hydrogens is 725 g/mol. The third-order valence-corrected chi connectivity index (χ3v) is 10.9. The van der Waals surface area contributed by atoms with Gasteiger partial charge in [-0.3, -0.25) is 9.05 Å². The summed E-state index contributed by atoms with van der Waals surface area (Å²) in [5, 5.41) is 2.13. The quantitative estimate of drug-likeness (QED) is 0.0832. The van der Waals surface area contributed by atoms with Crippen molar-refractivity contribution < 1.29 is 23.0 Å². The lowest BCUT2D eigenvalue weighted by Crippen LogP contribution is -2.41. The summed E-state index contributed by atoms with van der Waals surface area (Å²) in [7, 11) is 6.36. The third kappa shape index (κ3) is 6.94. The molecule has 3 aromatic heterocycles. The van der Waals surface area contributed by atoms with Crippen LogP contribution in [0.15, 0.2) is 170 Å².